The second-order valence-corrected chi connectivity index (χ2v) is 4.12. The van der Waals surface area contributed by atoms with Crippen molar-refractivity contribution in [3.63, 3.8) is 0 Å². The quantitative estimate of drug-likeness (QED) is 0.581. The Balaban J connectivity index is 0.000000200. The average molecular weight is 270 g/mol. The highest BCUT2D eigenvalue weighted by atomic mass is 19.4. The van der Waals surface area contributed by atoms with Gasteiger partial charge in [0, 0.05) is 0 Å². The first-order chi connectivity index (χ1) is 8.80. The zero-order valence-corrected chi connectivity index (χ0v) is 10.6. The minimum absolute atomic E-state index is 0.132. The zero-order valence-electron chi connectivity index (χ0n) is 10.6. The summed E-state index contributed by atoms with van der Waals surface area (Å²) in [5, 5.41) is 0. The minimum Gasteiger partial charge on any atom is -0.207 e. The molecule has 0 saturated carbocycles. The van der Waals surface area contributed by atoms with Gasteiger partial charge in [-0.1, -0.05) is 42.0 Å². The van der Waals surface area contributed by atoms with Gasteiger partial charge in [-0.05, 0) is 31.5 Å². The van der Waals surface area contributed by atoms with Gasteiger partial charge < -0.3 is 0 Å². The van der Waals surface area contributed by atoms with Crippen molar-refractivity contribution in [2.75, 3.05) is 0 Å². The Morgan fingerprint density at radius 1 is 0.842 bits per heavy atom. The van der Waals surface area contributed by atoms with Crippen molar-refractivity contribution in [1.82, 2.24) is 0 Å². The van der Waals surface area contributed by atoms with Gasteiger partial charge in [-0.2, -0.15) is 13.2 Å². The van der Waals surface area contributed by atoms with E-state index in [0.29, 0.717) is 11.1 Å². The average Bonchev–Trinajstić information content (AvgIpc) is 2.33. The fraction of sp³-hybridized carbons (Fsp3) is 0.200. The summed E-state index contributed by atoms with van der Waals surface area (Å²) >= 11 is 0. The second kappa shape index (κ2) is 6.36. The van der Waals surface area contributed by atoms with Crippen molar-refractivity contribution in [2.24, 2.45) is 0 Å². The van der Waals surface area contributed by atoms with E-state index in [1.807, 2.05) is 6.07 Å². The maximum absolute atomic E-state index is 12.3. The van der Waals surface area contributed by atoms with Gasteiger partial charge >= 0.3 is 6.18 Å². The molecule has 0 aliphatic heterocycles. The van der Waals surface area contributed by atoms with E-state index in [9.17, 15) is 17.6 Å². The molecular formula is C15H14F4. The Morgan fingerprint density at radius 3 is 1.84 bits per heavy atom. The molecule has 0 heterocycles. The molecule has 0 aliphatic rings. The third-order valence-electron chi connectivity index (χ3n) is 2.42. The monoisotopic (exact) mass is 270 g/mol. The van der Waals surface area contributed by atoms with Crippen LogP contribution in [0.1, 0.15) is 16.7 Å². The van der Waals surface area contributed by atoms with Crippen LogP contribution >= 0.6 is 0 Å². The van der Waals surface area contributed by atoms with Crippen LogP contribution in [-0.2, 0) is 6.18 Å². The molecule has 0 nitrogen and oxygen atoms in total. The van der Waals surface area contributed by atoms with Crippen LogP contribution in [0.2, 0.25) is 0 Å². The number of rotatable bonds is 0. The van der Waals surface area contributed by atoms with Gasteiger partial charge in [0.25, 0.3) is 0 Å². The highest BCUT2D eigenvalue weighted by molar-refractivity contribution is 5.24. The molecule has 0 bridgehead atoms. The van der Waals surface area contributed by atoms with Crippen molar-refractivity contribution < 1.29 is 17.6 Å². The van der Waals surface area contributed by atoms with Crippen LogP contribution in [0.3, 0.4) is 0 Å². The van der Waals surface area contributed by atoms with Crippen molar-refractivity contribution in [3.05, 3.63) is 71.0 Å². The SMILES string of the molecule is Cc1cccc(C(F)(F)F)c1.Cc1ccccc1F. The van der Waals surface area contributed by atoms with Crippen LogP contribution < -0.4 is 0 Å². The Kier molecular flexibility index (Phi) is 5.10. The number of hydrogen-bond acceptors (Lipinski definition) is 0. The second-order valence-electron chi connectivity index (χ2n) is 4.12. The summed E-state index contributed by atoms with van der Waals surface area (Å²) in [4.78, 5) is 0. The Bertz CT molecular complexity index is 509. The number of benzene rings is 2. The lowest BCUT2D eigenvalue weighted by molar-refractivity contribution is -0.137. The molecule has 0 amide bonds. The molecule has 0 N–H and O–H groups in total. The van der Waals surface area contributed by atoms with Gasteiger partial charge in [0.1, 0.15) is 5.82 Å². The first-order valence-electron chi connectivity index (χ1n) is 5.65. The normalized spacial score (nSPS) is 10.6. The predicted molar refractivity (Wildman–Crippen MR) is 67.3 cm³/mol. The minimum atomic E-state index is -4.22. The van der Waals surface area contributed by atoms with E-state index in [-0.39, 0.29) is 5.82 Å². The Labute approximate surface area is 109 Å². The van der Waals surface area contributed by atoms with Gasteiger partial charge in [0.2, 0.25) is 0 Å². The smallest absolute Gasteiger partial charge is 0.207 e. The molecule has 0 radical (unpaired) electrons. The van der Waals surface area contributed by atoms with Gasteiger partial charge in [0.15, 0.2) is 0 Å². The van der Waals surface area contributed by atoms with Crippen LogP contribution in [-0.4, -0.2) is 0 Å². The molecule has 0 unspecified atom stereocenters. The van der Waals surface area contributed by atoms with E-state index in [1.165, 1.54) is 12.1 Å². The van der Waals surface area contributed by atoms with E-state index >= 15 is 0 Å². The first-order valence-corrected chi connectivity index (χ1v) is 5.65. The van der Waals surface area contributed by atoms with E-state index in [0.717, 1.165) is 12.1 Å². The van der Waals surface area contributed by atoms with Crippen LogP contribution in [0.15, 0.2) is 48.5 Å². The lowest BCUT2D eigenvalue weighted by atomic mass is 10.1. The van der Waals surface area contributed by atoms with Crippen molar-refractivity contribution >= 4 is 0 Å². The summed E-state index contributed by atoms with van der Waals surface area (Å²) < 4.78 is 48.2. The lowest BCUT2D eigenvalue weighted by Gasteiger charge is -2.05. The zero-order chi connectivity index (χ0) is 14.5. The van der Waals surface area contributed by atoms with Gasteiger partial charge in [0.05, 0.1) is 5.56 Å². The third-order valence-corrected chi connectivity index (χ3v) is 2.42. The van der Waals surface area contributed by atoms with Crippen LogP contribution in [0.25, 0.3) is 0 Å². The molecule has 4 heteroatoms. The Hall–Kier alpha value is -1.84. The van der Waals surface area contributed by atoms with Gasteiger partial charge in [-0.15, -0.1) is 0 Å². The van der Waals surface area contributed by atoms with Crippen LogP contribution in [0, 0.1) is 19.7 Å². The van der Waals surface area contributed by atoms with Gasteiger partial charge in [-0.25, -0.2) is 4.39 Å². The van der Waals surface area contributed by atoms with E-state index in [1.54, 1.807) is 32.0 Å². The summed E-state index contributed by atoms with van der Waals surface area (Å²) in [5.74, 6) is -0.132. The molecule has 0 atom stereocenters. The summed E-state index contributed by atoms with van der Waals surface area (Å²) in [6.07, 6.45) is -4.22. The molecule has 0 aliphatic carbocycles. The number of aryl methyl sites for hydroxylation is 2. The standard InChI is InChI=1S/C8H7F3.C7H7F/c1-6-3-2-4-7(5-6)8(9,10)11;1-6-4-2-3-5-7(6)8/h2-5H,1H3;2-5H,1H3. The third kappa shape index (κ3) is 5.12. The Morgan fingerprint density at radius 2 is 1.47 bits per heavy atom. The van der Waals surface area contributed by atoms with Crippen molar-refractivity contribution in [3.8, 4) is 0 Å². The molecule has 102 valence electrons. The molecule has 2 rings (SSSR count). The molecule has 0 aromatic heterocycles. The molecule has 19 heavy (non-hydrogen) atoms. The molecule has 0 fully saturated rings. The number of alkyl halides is 3. The van der Waals surface area contributed by atoms with Gasteiger partial charge in [-0.3, -0.25) is 0 Å². The van der Waals surface area contributed by atoms with Crippen molar-refractivity contribution in [1.29, 1.82) is 0 Å². The van der Waals surface area contributed by atoms with Crippen LogP contribution in [0.4, 0.5) is 17.6 Å². The predicted octanol–water partition coefficient (Wildman–Crippen LogP) is 5.15. The molecule has 2 aromatic rings. The molecule has 0 saturated heterocycles. The summed E-state index contributed by atoms with van der Waals surface area (Å²) in [5.41, 5.74) is 0.741. The van der Waals surface area contributed by atoms with Crippen LogP contribution in [0.5, 0.6) is 0 Å². The molecular weight excluding hydrogens is 256 g/mol. The first kappa shape index (κ1) is 15.2. The summed E-state index contributed by atoms with van der Waals surface area (Å²) in [6, 6.07) is 11.9. The fourth-order valence-corrected chi connectivity index (χ4v) is 1.37. The molecule has 2 aromatic carbocycles. The summed E-state index contributed by atoms with van der Waals surface area (Å²) in [7, 11) is 0. The fourth-order valence-electron chi connectivity index (χ4n) is 1.37. The maximum atomic E-state index is 12.3. The lowest BCUT2D eigenvalue weighted by Crippen LogP contribution is -2.04. The van der Waals surface area contributed by atoms with E-state index < -0.39 is 11.7 Å². The number of halogens is 4. The highest BCUT2D eigenvalue weighted by Gasteiger charge is 2.29. The summed E-state index contributed by atoms with van der Waals surface area (Å²) in [6.45, 7) is 3.38. The topological polar surface area (TPSA) is 0 Å². The number of hydrogen-bond donors (Lipinski definition) is 0. The van der Waals surface area contributed by atoms with E-state index in [2.05, 4.69) is 0 Å². The molecule has 0 spiro atoms. The van der Waals surface area contributed by atoms with E-state index in [4.69, 9.17) is 0 Å². The highest BCUT2D eigenvalue weighted by Crippen LogP contribution is 2.29. The van der Waals surface area contributed by atoms with Crippen molar-refractivity contribution in [2.45, 2.75) is 20.0 Å². The maximum Gasteiger partial charge on any atom is 0.416 e. The largest absolute Gasteiger partial charge is 0.416 e.